The van der Waals surface area contributed by atoms with Crippen molar-refractivity contribution in [2.45, 2.75) is 13.3 Å². The van der Waals surface area contributed by atoms with Crippen molar-refractivity contribution in [3.05, 3.63) is 12.7 Å². The molecule has 0 aromatic heterocycles. The van der Waals surface area contributed by atoms with Gasteiger partial charge in [-0.3, -0.25) is 4.90 Å². The topological polar surface area (TPSA) is 57.6 Å². The lowest BCUT2D eigenvalue weighted by Crippen LogP contribution is -2.29. The van der Waals surface area contributed by atoms with Gasteiger partial charge in [-0.2, -0.15) is 0 Å². The van der Waals surface area contributed by atoms with E-state index in [0.717, 1.165) is 0 Å². The Kier molecular flexibility index (Phi) is 7.64. The van der Waals surface area contributed by atoms with E-state index in [1.54, 1.807) is 13.0 Å². The molecule has 0 amide bonds. The molecule has 0 bridgehead atoms. The predicted octanol–water partition coefficient (Wildman–Crippen LogP) is 0.292. The molecular formula is C10H21NO3S. The fraction of sp³-hybridized carbons (Fsp3) is 0.800. The van der Waals surface area contributed by atoms with Crippen molar-refractivity contribution in [2.24, 2.45) is 0 Å². The molecule has 0 radical (unpaired) electrons. The predicted molar refractivity (Wildman–Crippen MR) is 62.7 cm³/mol. The highest BCUT2D eigenvalue weighted by Crippen LogP contribution is 1.97. The fourth-order valence-corrected chi connectivity index (χ4v) is 2.13. The Bertz CT molecular complexity index is 262. The summed E-state index contributed by atoms with van der Waals surface area (Å²) in [6, 6.07) is 0. The monoisotopic (exact) mass is 235 g/mol. The molecule has 0 aliphatic carbocycles. The number of rotatable bonds is 9. The van der Waals surface area contributed by atoms with Crippen LogP contribution in [0.2, 0.25) is 0 Å². The summed E-state index contributed by atoms with van der Waals surface area (Å²) in [5.74, 6) is 0.428. The lowest BCUT2D eigenvalue weighted by Gasteiger charge is -2.18. The number of aliphatic hydroxyl groups is 1. The molecule has 0 aromatic rings. The lowest BCUT2D eigenvalue weighted by atomic mass is 10.4. The van der Waals surface area contributed by atoms with Crippen LogP contribution in [0.15, 0.2) is 12.7 Å². The molecule has 15 heavy (non-hydrogen) atoms. The van der Waals surface area contributed by atoms with Crippen LogP contribution in [0.3, 0.4) is 0 Å². The van der Waals surface area contributed by atoms with E-state index in [-0.39, 0.29) is 18.1 Å². The van der Waals surface area contributed by atoms with E-state index in [9.17, 15) is 8.42 Å². The molecule has 0 saturated carbocycles. The average Bonchev–Trinajstić information content (AvgIpc) is 2.18. The second-order valence-electron chi connectivity index (χ2n) is 3.40. The van der Waals surface area contributed by atoms with Gasteiger partial charge in [0, 0.05) is 18.8 Å². The van der Waals surface area contributed by atoms with Crippen molar-refractivity contribution in [3.8, 4) is 0 Å². The molecule has 0 fully saturated rings. The third-order valence-electron chi connectivity index (χ3n) is 2.17. The molecule has 0 unspecified atom stereocenters. The first-order valence-corrected chi connectivity index (χ1v) is 7.02. The van der Waals surface area contributed by atoms with Gasteiger partial charge in [-0.1, -0.05) is 13.0 Å². The van der Waals surface area contributed by atoms with Gasteiger partial charge in [0.15, 0.2) is 0 Å². The van der Waals surface area contributed by atoms with Crippen molar-refractivity contribution < 1.29 is 13.5 Å². The number of hydrogen-bond acceptors (Lipinski definition) is 4. The zero-order valence-corrected chi connectivity index (χ0v) is 10.2. The molecule has 0 atom stereocenters. The smallest absolute Gasteiger partial charge is 0.150 e. The van der Waals surface area contributed by atoms with E-state index in [1.165, 1.54) is 0 Å². The maximum atomic E-state index is 11.2. The van der Waals surface area contributed by atoms with Crippen LogP contribution >= 0.6 is 0 Å². The molecule has 90 valence electrons. The van der Waals surface area contributed by atoms with Gasteiger partial charge in [0.05, 0.1) is 12.4 Å². The lowest BCUT2D eigenvalue weighted by molar-refractivity contribution is 0.209. The molecule has 0 aliphatic heterocycles. The summed E-state index contributed by atoms with van der Waals surface area (Å²) in [4.78, 5) is 1.98. The maximum Gasteiger partial charge on any atom is 0.150 e. The van der Waals surface area contributed by atoms with Crippen LogP contribution in [0.1, 0.15) is 13.3 Å². The minimum Gasteiger partial charge on any atom is -0.395 e. The molecule has 0 heterocycles. The Balaban J connectivity index is 3.84. The first-order valence-electron chi connectivity index (χ1n) is 5.20. The standard InChI is InChI=1S/C10H21NO3S/c1-3-6-11(8-9-12)7-5-10-15(13,14)4-2/h3,12H,1,4-10H2,2H3. The first kappa shape index (κ1) is 14.6. The molecule has 4 nitrogen and oxygen atoms in total. The van der Waals surface area contributed by atoms with Gasteiger partial charge >= 0.3 is 0 Å². The van der Waals surface area contributed by atoms with Gasteiger partial charge in [-0.05, 0) is 13.0 Å². The minimum absolute atomic E-state index is 0.0916. The van der Waals surface area contributed by atoms with Crippen molar-refractivity contribution in [3.63, 3.8) is 0 Å². The van der Waals surface area contributed by atoms with Gasteiger partial charge in [0.2, 0.25) is 0 Å². The minimum atomic E-state index is -2.86. The van der Waals surface area contributed by atoms with Crippen LogP contribution in [0, 0.1) is 0 Å². The number of nitrogens with zero attached hydrogens (tertiary/aromatic N) is 1. The average molecular weight is 235 g/mol. The summed E-state index contributed by atoms with van der Waals surface area (Å²) in [5.41, 5.74) is 0. The van der Waals surface area contributed by atoms with Crippen LogP contribution in [-0.2, 0) is 9.84 Å². The van der Waals surface area contributed by atoms with Crippen molar-refractivity contribution in [1.29, 1.82) is 0 Å². The largest absolute Gasteiger partial charge is 0.395 e. The Labute approximate surface area is 92.5 Å². The highest BCUT2D eigenvalue weighted by Gasteiger charge is 2.08. The van der Waals surface area contributed by atoms with E-state index in [0.29, 0.717) is 26.1 Å². The first-order chi connectivity index (χ1) is 7.05. The number of sulfone groups is 1. The van der Waals surface area contributed by atoms with E-state index in [1.807, 2.05) is 4.90 Å². The molecule has 0 rings (SSSR count). The van der Waals surface area contributed by atoms with E-state index in [2.05, 4.69) is 6.58 Å². The summed E-state index contributed by atoms with van der Waals surface area (Å²) >= 11 is 0. The van der Waals surface area contributed by atoms with Gasteiger partial charge in [-0.25, -0.2) is 8.42 Å². The van der Waals surface area contributed by atoms with Crippen LogP contribution < -0.4 is 0 Å². The Hall–Kier alpha value is -0.390. The second-order valence-corrected chi connectivity index (χ2v) is 5.88. The Morgan fingerprint density at radius 2 is 2.07 bits per heavy atom. The SMILES string of the molecule is C=CCN(CCO)CCCS(=O)(=O)CC. The van der Waals surface area contributed by atoms with Crippen molar-refractivity contribution in [1.82, 2.24) is 4.90 Å². The highest BCUT2D eigenvalue weighted by molar-refractivity contribution is 7.91. The second kappa shape index (κ2) is 7.84. The van der Waals surface area contributed by atoms with E-state index in [4.69, 9.17) is 5.11 Å². The Morgan fingerprint density at radius 1 is 1.40 bits per heavy atom. The van der Waals surface area contributed by atoms with Crippen LogP contribution in [0.4, 0.5) is 0 Å². The van der Waals surface area contributed by atoms with Gasteiger partial charge in [0.25, 0.3) is 0 Å². The normalized spacial score (nSPS) is 11.9. The molecule has 0 aromatic carbocycles. The number of hydrogen-bond donors (Lipinski definition) is 1. The van der Waals surface area contributed by atoms with Crippen LogP contribution in [0.5, 0.6) is 0 Å². The summed E-state index contributed by atoms with van der Waals surface area (Å²) in [5, 5.41) is 8.77. The Morgan fingerprint density at radius 3 is 2.53 bits per heavy atom. The zero-order chi connectivity index (χ0) is 11.7. The van der Waals surface area contributed by atoms with Crippen LogP contribution in [0.25, 0.3) is 0 Å². The number of aliphatic hydroxyl groups excluding tert-OH is 1. The molecule has 0 saturated heterocycles. The summed E-state index contributed by atoms with van der Waals surface area (Å²) in [7, 11) is -2.86. The van der Waals surface area contributed by atoms with Gasteiger partial charge in [-0.15, -0.1) is 6.58 Å². The highest BCUT2D eigenvalue weighted by atomic mass is 32.2. The summed E-state index contributed by atoms with van der Waals surface area (Å²) < 4.78 is 22.4. The van der Waals surface area contributed by atoms with E-state index < -0.39 is 9.84 Å². The van der Waals surface area contributed by atoms with Crippen molar-refractivity contribution in [2.75, 3.05) is 37.7 Å². The van der Waals surface area contributed by atoms with Gasteiger partial charge < -0.3 is 5.11 Å². The third kappa shape index (κ3) is 7.53. The molecular weight excluding hydrogens is 214 g/mol. The van der Waals surface area contributed by atoms with Gasteiger partial charge in [0.1, 0.15) is 9.84 Å². The van der Waals surface area contributed by atoms with Crippen LogP contribution in [-0.4, -0.2) is 56.2 Å². The molecule has 0 spiro atoms. The molecule has 0 aliphatic rings. The fourth-order valence-electron chi connectivity index (χ4n) is 1.27. The third-order valence-corrected chi connectivity index (χ3v) is 3.96. The molecule has 1 N–H and O–H groups in total. The van der Waals surface area contributed by atoms with Crippen molar-refractivity contribution >= 4 is 9.84 Å². The zero-order valence-electron chi connectivity index (χ0n) is 9.35. The summed E-state index contributed by atoms with van der Waals surface area (Å²) in [6.07, 6.45) is 2.37. The van der Waals surface area contributed by atoms with E-state index >= 15 is 0 Å². The quantitative estimate of drug-likeness (QED) is 0.584. The molecule has 5 heteroatoms. The summed E-state index contributed by atoms with van der Waals surface area (Å²) in [6.45, 7) is 7.30. The maximum absolute atomic E-state index is 11.2.